The Labute approximate surface area is 146 Å². The van der Waals surface area contributed by atoms with E-state index in [1.807, 2.05) is 6.07 Å². The van der Waals surface area contributed by atoms with Crippen LogP contribution in [0.1, 0.15) is 10.5 Å². The SMILES string of the molecule is O=C(Nc1ccccc1)Nc1nc(C(=O)Nc2ccc(F)cc2)cs1. The van der Waals surface area contributed by atoms with Crippen LogP contribution in [0.3, 0.4) is 0 Å². The van der Waals surface area contributed by atoms with Crippen molar-refractivity contribution < 1.29 is 14.0 Å². The lowest BCUT2D eigenvalue weighted by atomic mass is 10.3. The van der Waals surface area contributed by atoms with Crippen molar-refractivity contribution in [3.8, 4) is 0 Å². The molecule has 2 aromatic carbocycles. The van der Waals surface area contributed by atoms with Crippen molar-refractivity contribution in [2.24, 2.45) is 0 Å². The van der Waals surface area contributed by atoms with Gasteiger partial charge < -0.3 is 10.6 Å². The number of para-hydroxylation sites is 1. The van der Waals surface area contributed by atoms with E-state index in [0.717, 1.165) is 11.3 Å². The quantitative estimate of drug-likeness (QED) is 0.656. The second-order valence-electron chi connectivity index (χ2n) is 4.94. The Morgan fingerprint density at radius 3 is 2.28 bits per heavy atom. The van der Waals surface area contributed by atoms with Gasteiger partial charge in [-0.25, -0.2) is 14.2 Å². The highest BCUT2D eigenvalue weighted by Crippen LogP contribution is 2.17. The Morgan fingerprint density at radius 2 is 1.56 bits per heavy atom. The fraction of sp³-hybridized carbons (Fsp3) is 0. The molecule has 0 aliphatic heterocycles. The lowest BCUT2D eigenvalue weighted by Gasteiger charge is -2.04. The Kier molecular flexibility index (Phi) is 5.00. The molecule has 0 saturated carbocycles. The standard InChI is InChI=1S/C17H13FN4O2S/c18-11-6-8-13(9-7-11)19-15(23)14-10-25-17(21-14)22-16(24)20-12-4-2-1-3-5-12/h1-10H,(H,19,23)(H2,20,21,22,24). The Bertz CT molecular complexity index is 881. The smallest absolute Gasteiger partial charge is 0.321 e. The van der Waals surface area contributed by atoms with Crippen molar-refractivity contribution in [1.82, 2.24) is 4.98 Å². The Hall–Kier alpha value is -3.26. The average molecular weight is 356 g/mol. The number of anilines is 3. The maximum absolute atomic E-state index is 12.9. The maximum atomic E-state index is 12.9. The molecule has 8 heteroatoms. The summed E-state index contributed by atoms with van der Waals surface area (Å²) >= 11 is 1.13. The highest BCUT2D eigenvalue weighted by atomic mass is 32.1. The number of amides is 3. The number of nitrogens with one attached hydrogen (secondary N) is 3. The molecule has 0 atom stereocenters. The molecule has 0 radical (unpaired) electrons. The Balaban J connectivity index is 1.59. The molecule has 1 aromatic heterocycles. The number of aromatic nitrogens is 1. The van der Waals surface area contributed by atoms with Gasteiger partial charge in [-0.15, -0.1) is 11.3 Å². The monoisotopic (exact) mass is 356 g/mol. The van der Waals surface area contributed by atoms with Crippen LogP contribution >= 0.6 is 11.3 Å². The first kappa shape index (κ1) is 16.6. The Morgan fingerprint density at radius 1 is 0.880 bits per heavy atom. The molecule has 1 heterocycles. The van der Waals surface area contributed by atoms with Crippen molar-refractivity contribution in [3.63, 3.8) is 0 Å². The molecule has 0 unspecified atom stereocenters. The summed E-state index contributed by atoms with van der Waals surface area (Å²) in [5.41, 5.74) is 1.26. The first-order valence-electron chi connectivity index (χ1n) is 7.25. The zero-order valence-corrected chi connectivity index (χ0v) is 13.6. The van der Waals surface area contributed by atoms with E-state index in [0.29, 0.717) is 11.4 Å². The van der Waals surface area contributed by atoms with Crippen LogP contribution in [0.2, 0.25) is 0 Å². The summed E-state index contributed by atoms with van der Waals surface area (Å²) in [4.78, 5) is 28.1. The summed E-state index contributed by atoms with van der Waals surface area (Å²) in [6.07, 6.45) is 0. The number of hydrogen-bond acceptors (Lipinski definition) is 4. The molecule has 0 fully saturated rings. The first-order chi connectivity index (χ1) is 12.1. The molecule has 0 aliphatic rings. The van der Waals surface area contributed by atoms with Crippen molar-refractivity contribution in [2.45, 2.75) is 0 Å². The molecule has 126 valence electrons. The minimum absolute atomic E-state index is 0.157. The number of carbonyl (C=O) groups is 2. The highest BCUT2D eigenvalue weighted by Gasteiger charge is 2.13. The predicted molar refractivity (Wildman–Crippen MR) is 95.6 cm³/mol. The van der Waals surface area contributed by atoms with Crippen LogP contribution < -0.4 is 16.0 Å². The fourth-order valence-corrected chi connectivity index (χ4v) is 2.63. The van der Waals surface area contributed by atoms with E-state index in [9.17, 15) is 14.0 Å². The van der Waals surface area contributed by atoms with Gasteiger partial charge in [-0.05, 0) is 36.4 Å². The van der Waals surface area contributed by atoms with E-state index in [1.54, 1.807) is 24.3 Å². The predicted octanol–water partition coefficient (Wildman–Crippen LogP) is 4.18. The van der Waals surface area contributed by atoms with Crippen molar-refractivity contribution in [2.75, 3.05) is 16.0 Å². The molecule has 0 aliphatic carbocycles. The van der Waals surface area contributed by atoms with Crippen molar-refractivity contribution in [3.05, 3.63) is 71.5 Å². The maximum Gasteiger partial charge on any atom is 0.325 e. The van der Waals surface area contributed by atoms with Gasteiger partial charge in [0.1, 0.15) is 11.5 Å². The minimum Gasteiger partial charge on any atom is -0.321 e. The zero-order chi connectivity index (χ0) is 17.6. The average Bonchev–Trinajstić information content (AvgIpc) is 3.06. The lowest BCUT2D eigenvalue weighted by Crippen LogP contribution is -2.19. The van der Waals surface area contributed by atoms with E-state index in [1.165, 1.54) is 29.6 Å². The molecular weight excluding hydrogens is 343 g/mol. The van der Waals surface area contributed by atoms with Crippen LogP contribution in [0, 0.1) is 5.82 Å². The van der Waals surface area contributed by atoms with E-state index in [-0.39, 0.29) is 16.6 Å². The van der Waals surface area contributed by atoms with Crippen LogP contribution in [0.25, 0.3) is 0 Å². The summed E-state index contributed by atoms with van der Waals surface area (Å²) < 4.78 is 12.9. The molecule has 0 spiro atoms. The topological polar surface area (TPSA) is 83.1 Å². The van der Waals surface area contributed by atoms with Crippen LogP contribution in [0.5, 0.6) is 0 Å². The van der Waals surface area contributed by atoms with Crippen LogP contribution in [0.4, 0.5) is 25.7 Å². The van der Waals surface area contributed by atoms with Gasteiger partial charge in [0.2, 0.25) is 0 Å². The number of halogens is 1. The van der Waals surface area contributed by atoms with Crippen molar-refractivity contribution >= 4 is 39.8 Å². The van der Waals surface area contributed by atoms with Crippen LogP contribution in [0.15, 0.2) is 60.0 Å². The molecule has 25 heavy (non-hydrogen) atoms. The minimum atomic E-state index is -0.453. The molecule has 6 nitrogen and oxygen atoms in total. The van der Waals surface area contributed by atoms with E-state index >= 15 is 0 Å². The number of nitrogens with zero attached hydrogens (tertiary/aromatic N) is 1. The van der Waals surface area contributed by atoms with E-state index < -0.39 is 11.9 Å². The molecule has 0 bridgehead atoms. The molecule has 3 rings (SSSR count). The highest BCUT2D eigenvalue weighted by molar-refractivity contribution is 7.14. The number of carbonyl (C=O) groups excluding carboxylic acids is 2. The second-order valence-corrected chi connectivity index (χ2v) is 5.80. The third kappa shape index (κ3) is 4.61. The van der Waals surface area contributed by atoms with Gasteiger partial charge in [-0.2, -0.15) is 0 Å². The van der Waals surface area contributed by atoms with Gasteiger partial charge in [0, 0.05) is 16.8 Å². The van der Waals surface area contributed by atoms with Crippen LogP contribution in [-0.2, 0) is 0 Å². The van der Waals surface area contributed by atoms with E-state index in [4.69, 9.17) is 0 Å². The van der Waals surface area contributed by atoms with Gasteiger partial charge in [-0.1, -0.05) is 18.2 Å². The van der Waals surface area contributed by atoms with Gasteiger partial charge in [0.05, 0.1) is 0 Å². The lowest BCUT2D eigenvalue weighted by molar-refractivity contribution is 0.102. The molecule has 3 N–H and O–H groups in total. The van der Waals surface area contributed by atoms with Crippen LogP contribution in [-0.4, -0.2) is 16.9 Å². The molecule has 3 aromatic rings. The second kappa shape index (κ2) is 7.54. The van der Waals surface area contributed by atoms with Gasteiger partial charge in [0.25, 0.3) is 5.91 Å². The number of rotatable bonds is 4. The van der Waals surface area contributed by atoms with Gasteiger partial charge in [-0.3, -0.25) is 10.1 Å². The summed E-state index contributed by atoms with van der Waals surface area (Å²) in [6, 6.07) is 13.9. The number of urea groups is 1. The summed E-state index contributed by atoms with van der Waals surface area (Å²) in [5.74, 6) is -0.832. The first-order valence-corrected chi connectivity index (χ1v) is 8.13. The van der Waals surface area contributed by atoms with E-state index in [2.05, 4.69) is 20.9 Å². The van der Waals surface area contributed by atoms with Crippen molar-refractivity contribution in [1.29, 1.82) is 0 Å². The summed E-state index contributed by atoms with van der Waals surface area (Å²) in [6.45, 7) is 0. The normalized spacial score (nSPS) is 10.1. The summed E-state index contributed by atoms with van der Waals surface area (Å²) in [5, 5.41) is 9.64. The summed E-state index contributed by atoms with van der Waals surface area (Å²) in [7, 11) is 0. The molecular formula is C17H13FN4O2S. The molecule has 0 saturated heterocycles. The zero-order valence-electron chi connectivity index (χ0n) is 12.8. The number of thiazole rings is 1. The number of hydrogen-bond donors (Lipinski definition) is 3. The largest absolute Gasteiger partial charge is 0.325 e. The molecule has 3 amide bonds. The van der Waals surface area contributed by atoms with Gasteiger partial charge >= 0.3 is 6.03 Å². The third-order valence-corrected chi connectivity index (χ3v) is 3.85. The number of benzene rings is 2. The fourth-order valence-electron chi connectivity index (χ4n) is 1.94. The third-order valence-electron chi connectivity index (χ3n) is 3.09. The van der Waals surface area contributed by atoms with Gasteiger partial charge in [0.15, 0.2) is 5.13 Å².